The third-order valence-electron chi connectivity index (χ3n) is 8.89. The SMILES string of the molecule is C/C=C/CCC1CCC(C2CCC3CC(c4cc(F)c(OC)c(F)c4)CCC3C2)CC1. The van der Waals surface area contributed by atoms with Gasteiger partial charge in [-0.1, -0.05) is 25.0 Å². The molecule has 31 heavy (non-hydrogen) atoms. The van der Waals surface area contributed by atoms with Crippen LogP contribution in [0.25, 0.3) is 0 Å². The number of methoxy groups -OCH3 is 1. The fourth-order valence-electron chi connectivity index (χ4n) is 7.11. The molecule has 4 atom stereocenters. The highest BCUT2D eigenvalue weighted by Crippen LogP contribution is 2.51. The first-order valence-corrected chi connectivity index (χ1v) is 12.7. The fraction of sp³-hybridized carbons (Fsp3) is 0.714. The van der Waals surface area contributed by atoms with Crippen LogP contribution in [-0.2, 0) is 0 Å². The Morgan fingerprint density at radius 2 is 1.42 bits per heavy atom. The molecule has 3 aliphatic carbocycles. The van der Waals surface area contributed by atoms with Crippen molar-refractivity contribution < 1.29 is 13.5 Å². The van der Waals surface area contributed by atoms with Crippen LogP contribution in [0.1, 0.15) is 95.5 Å². The number of allylic oxidation sites excluding steroid dienone is 2. The molecular weight excluding hydrogens is 390 g/mol. The number of halogens is 2. The fourth-order valence-corrected chi connectivity index (χ4v) is 7.11. The number of fused-ring (bicyclic) bond motifs is 1. The first kappa shape index (κ1) is 22.8. The van der Waals surface area contributed by atoms with E-state index in [0.29, 0.717) is 5.92 Å². The van der Waals surface area contributed by atoms with E-state index >= 15 is 0 Å². The largest absolute Gasteiger partial charge is 0.491 e. The minimum absolute atomic E-state index is 0.255. The molecule has 1 aromatic rings. The lowest BCUT2D eigenvalue weighted by molar-refractivity contribution is 0.0712. The Morgan fingerprint density at radius 1 is 0.839 bits per heavy atom. The van der Waals surface area contributed by atoms with Crippen LogP contribution in [-0.4, -0.2) is 7.11 Å². The van der Waals surface area contributed by atoms with Crippen LogP contribution in [0.4, 0.5) is 8.78 Å². The predicted molar refractivity (Wildman–Crippen MR) is 123 cm³/mol. The smallest absolute Gasteiger partial charge is 0.190 e. The molecule has 0 bridgehead atoms. The summed E-state index contributed by atoms with van der Waals surface area (Å²) in [7, 11) is 1.32. The summed E-state index contributed by atoms with van der Waals surface area (Å²) in [5.41, 5.74) is 0.826. The number of benzene rings is 1. The summed E-state index contributed by atoms with van der Waals surface area (Å²) in [5, 5.41) is 0. The van der Waals surface area contributed by atoms with Crippen molar-refractivity contribution >= 4 is 0 Å². The molecular formula is C28H40F2O. The van der Waals surface area contributed by atoms with Gasteiger partial charge in [-0.2, -0.15) is 0 Å². The van der Waals surface area contributed by atoms with Crippen molar-refractivity contribution in [3.8, 4) is 5.75 Å². The molecule has 3 saturated carbocycles. The van der Waals surface area contributed by atoms with Crippen LogP contribution in [0.5, 0.6) is 5.75 Å². The minimum atomic E-state index is -0.565. The first-order chi connectivity index (χ1) is 15.1. The molecule has 0 saturated heterocycles. The number of hydrogen-bond donors (Lipinski definition) is 0. The molecule has 3 fully saturated rings. The van der Waals surface area contributed by atoms with Crippen LogP contribution in [0.2, 0.25) is 0 Å². The van der Waals surface area contributed by atoms with E-state index in [1.165, 1.54) is 83.5 Å². The molecule has 0 aliphatic heterocycles. The molecule has 4 unspecified atom stereocenters. The predicted octanol–water partition coefficient (Wildman–Crippen LogP) is 8.44. The molecule has 0 heterocycles. The molecule has 1 nitrogen and oxygen atoms in total. The van der Waals surface area contributed by atoms with Crippen LogP contribution >= 0.6 is 0 Å². The van der Waals surface area contributed by atoms with E-state index in [-0.39, 0.29) is 5.75 Å². The molecule has 3 heteroatoms. The zero-order valence-electron chi connectivity index (χ0n) is 19.4. The second-order valence-electron chi connectivity index (χ2n) is 10.5. The number of hydrogen-bond acceptors (Lipinski definition) is 1. The van der Waals surface area contributed by atoms with Crippen molar-refractivity contribution in [3.05, 3.63) is 41.5 Å². The lowest BCUT2D eigenvalue weighted by Crippen LogP contribution is -2.34. The van der Waals surface area contributed by atoms with Crippen molar-refractivity contribution in [2.75, 3.05) is 7.11 Å². The van der Waals surface area contributed by atoms with Crippen molar-refractivity contribution in [1.82, 2.24) is 0 Å². The first-order valence-electron chi connectivity index (χ1n) is 12.7. The average molecular weight is 431 g/mol. The quantitative estimate of drug-likeness (QED) is 0.411. The normalized spacial score (nSPS) is 33.9. The Balaban J connectivity index is 1.28. The van der Waals surface area contributed by atoms with Gasteiger partial charge in [0.2, 0.25) is 0 Å². The summed E-state index contributed by atoms with van der Waals surface area (Å²) in [6, 6.07) is 3.01. The second kappa shape index (κ2) is 10.5. The van der Waals surface area contributed by atoms with Crippen molar-refractivity contribution in [1.29, 1.82) is 0 Å². The maximum Gasteiger partial charge on any atom is 0.190 e. The molecule has 0 N–H and O–H groups in total. The van der Waals surface area contributed by atoms with Gasteiger partial charge in [-0.3, -0.25) is 0 Å². The maximum atomic E-state index is 14.2. The highest BCUT2D eigenvalue weighted by atomic mass is 19.1. The summed E-state index contributed by atoms with van der Waals surface area (Å²) in [4.78, 5) is 0. The summed E-state index contributed by atoms with van der Waals surface area (Å²) in [6.45, 7) is 2.12. The molecule has 0 amide bonds. The van der Waals surface area contributed by atoms with Crippen LogP contribution in [0.3, 0.4) is 0 Å². The molecule has 0 radical (unpaired) electrons. The lowest BCUT2D eigenvalue weighted by Gasteiger charge is -2.45. The maximum absolute atomic E-state index is 14.2. The third kappa shape index (κ3) is 5.34. The molecule has 172 valence electrons. The van der Waals surface area contributed by atoms with Gasteiger partial charge in [-0.15, -0.1) is 0 Å². The highest BCUT2D eigenvalue weighted by molar-refractivity contribution is 5.33. The topological polar surface area (TPSA) is 9.23 Å². The van der Waals surface area contributed by atoms with Crippen LogP contribution < -0.4 is 4.74 Å². The van der Waals surface area contributed by atoms with Gasteiger partial charge in [-0.05, 0) is 124 Å². The monoisotopic (exact) mass is 430 g/mol. The highest BCUT2D eigenvalue weighted by Gasteiger charge is 2.39. The van der Waals surface area contributed by atoms with E-state index in [9.17, 15) is 8.78 Å². The van der Waals surface area contributed by atoms with Crippen molar-refractivity contribution in [2.24, 2.45) is 29.6 Å². The van der Waals surface area contributed by atoms with E-state index in [1.807, 2.05) is 0 Å². The molecule has 1 aromatic carbocycles. The Morgan fingerprint density at radius 3 is 2.06 bits per heavy atom. The van der Waals surface area contributed by atoms with Crippen molar-refractivity contribution in [2.45, 2.75) is 89.9 Å². The summed E-state index contributed by atoms with van der Waals surface area (Å²) in [6.07, 6.45) is 20.3. The molecule has 3 aliphatic rings. The van der Waals surface area contributed by atoms with Gasteiger partial charge in [0.25, 0.3) is 0 Å². The zero-order valence-corrected chi connectivity index (χ0v) is 19.4. The average Bonchev–Trinajstić information content (AvgIpc) is 2.79. The van der Waals surface area contributed by atoms with Crippen LogP contribution in [0, 0.1) is 41.2 Å². The van der Waals surface area contributed by atoms with E-state index in [4.69, 9.17) is 4.74 Å². The lowest BCUT2D eigenvalue weighted by atomic mass is 9.60. The van der Waals surface area contributed by atoms with E-state index in [0.717, 1.165) is 48.0 Å². The minimum Gasteiger partial charge on any atom is -0.491 e. The van der Waals surface area contributed by atoms with Crippen molar-refractivity contribution in [3.63, 3.8) is 0 Å². The van der Waals surface area contributed by atoms with Gasteiger partial charge < -0.3 is 4.74 Å². The van der Waals surface area contributed by atoms with Gasteiger partial charge in [0.15, 0.2) is 17.4 Å². The third-order valence-corrected chi connectivity index (χ3v) is 8.89. The Kier molecular flexibility index (Phi) is 7.72. The molecule has 0 aromatic heterocycles. The Labute approximate surface area is 187 Å². The number of ether oxygens (including phenoxy) is 1. The Hall–Kier alpha value is -1.38. The van der Waals surface area contributed by atoms with E-state index in [1.54, 1.807) is 0 Å². The second-order valence-corrected chi connectivity index (χ2v) is 10.5. The van der Waals surface area contributed by atoms with Gasteiger partial charge in [-0.25, -0.2) is 8.78 Å². The summed E-state index contributed by atoms with van der Waals surface area (Å²) in [5.74, 6) is 3.29. The standard InChI is InChI=1S/C28H40F2O/c1-3-4-5-6-19-7-9-20(10-8-19)21-11-12-23-16-24(14-13-22(23)15-21)25-17-26(29)28(31-2)27(30)18-25/h3-4,17-24H,5-16H2,1-2H3/b4-3+. The van der Waals surface area contributed by atoms with Gasteiger partial charge in [0, 0.05) is 0 Å². The van der Waals surface area contributed by atoms with Gasteiger partial charge >= 0.3 is 0 Å². The summed E-state index contributed by atoms with van der Waals surface area (Å²) >= 11 is 0. The van der Waals surface area contributed by atoms with Gasteiger partial charge in [0.05, 0.1) is 7.11 Å². The number of rotatable bonds is 6. The van der Waals surface area contributed by atoms with Gasteiger partial charge in [0.1, 0.15) is 0 Å². The summed E-state index contributed by atoms with van der Waals surface area (Å²) < 4.78 is 33.3. The molecule has 0 spiro atoms. The van der Waals surface area contributed by atoms with E-state index in [2.05, 4.69) is 19.1 Å². The van der Waals surface area contributed by atoms with E-state index < -0.39 is 11.6 Å². The zero-order chi connectivity index (χ0) is 21.8. The van der Waals surface area contributed by atoms with Crippen LogP contribution in [0.15, 0.2) is 24.3 Å². The Bertz CT molecular complexity index is 726. The molecule has 4 rings (SSSR count).